The van der Waals surface area contributed by atoms with E-state index in [-0.39, 0.29) is 24.8 Å². The Balaban J connectivity index is 0. The van der Waals surface area contributed by atoms with Crippen molar-refractivity contribution in [1.82, 2.24) is 9.80 Å². The minimum Gasteiger partial charge on any atom is -0.507 e. The van der Waals surface area contributed by atoms with Crippen LogP contribution in [0.15, 0.2) is 12.1 Å². The number of hydrogen-bond acceptors (Lipinski definition) is 3. The molecule has 0 aliphatic carbocycles. The number of phenolic OH excluding ortho intramolecular Hbond substituents is 1. The Bertz CT molecular complexity index is 429. The molecule has 0 heterocycles. The smallest absolute Gasteiger partial charge is 0.123 e. The highest BCUT2D eigenvalue weighted by atomic mass is 127. The lowest BCUT2D eigenvalue weighted by atomic mass is 10.1. The van der Waals surface area contributed by atoms with E-state index in [4.69, 9.17) is 0 Å². The van der Waals surface area contributed by atoms with Crippen molar-refractivity contribution in [3.63, 3.8) is 0 Å². The second kappa shape index (κ2) is 12.6. The summed E-state index contributed by atoms with van der Waals surface area (Å²) in [6, 6.07) is 4.09. The highest BCUT2D eigenvalue weighted by molar-refractivity contribution is 14.1. The molecule has 1 aromatic carbocycles. The second-order valence-electron chi connectivity index (χ2n) is 5.35. The molecule has 0 aromatic heterocycles. The highest BCUT2D eigenvalue weighted by Crippen LogP contribution is 2.25. The summed E-state index contributed by atoms with van der Waals surface area (Å²) in [6.07, 6.45) is 1.17. The summed E-state index contributed by atoms with van der Waals surface area (Å²) in [5, 5.41) is 10.1. The minimum absolute atomic E-state index is 0. The van der Waals surface area contributed by atoms with Gasteiger partial charge in [-0.3, -0.25) is 0 Å². The van der Waals surface area contributed by atoms with E-state index >= 15 is 0 Å². The number of hydrogen-bond donors (Lipinski definition) is 1. The molecule has 0 atom stereocenters. The van der Waals surface area contributed by atoms with Crippen molar-refractivity contribution in [2.75, 3.05) is 33.2 Å². The Morgan fingerprint density at radius 1 is 1.09 bits per heavy atom. The maximum Gasteiger partial charge on any atom is 0.123 e. The van der Waals surface area contributed by atoms with Gasteiger partial charge >= 0.3 is 0 Å². The summed E-state index contributed by atoms with van der Waals surface area (Å²) < 4.78 is 1.18. The van der Waals surface area contributed by atoms with Gasteiger partial charge in [-0.15, -0.1) is 24.8 Å². The Kier molecular flexibility index (Phi) is 14.1. The van der Waals surface area contributed by atoms with Gasteiger partial charge in [0.15, 0.2) is 0 Å². The first-order valence-electron chi connectivity index (χ1n) is 7.36. The van der Waals surface area contributed by atoms with Crippen LogP contribution in [0, 0.1) is 10.5 Å². The Morgan fingerprint density at radius 3 is 2.23 bits per heavy atom. The van der Waals surface area contributed by atoms with E-state index in [9.17, 15) is 5.11 Å². The van der Waals surface area contributed by atoms with Crippen LogP contribution >= 0.6 is 47.4 Å². The number of halogens is 3. The fourth-order valence-electron chi connectivity index (χ4n) is 2.40. The third-order valence-electron chi connectivity index (χ3n) is 3.69. The lowest BCUT2D eigenvalue weighted by molar-refractivity contribution is 0.258. The van der Waals surface area contributed by atoms with Crippen molar-refractivity contribution in [2.45, 2.75) is 33.7 Å². The van der Waals surface area contributed by atoms with Gasteiger partial charge in [-0.1, -0.05) is 13.8 Å². The van der Waals surface area contributed by atoms with Crippen molar-refractivity contribution in [1.29, 1.82) is 0 Å². The molecule has 0 saturated carbocycles. The van der Waals surface area contributed by atoms with Crippen LogP contribution < -0.4 is 0 Å². The maximum atomic E-state index is 10.1. The number of nitrogens with zero attached hydrogens (tertiary/aromatic N) is 2. The van der Waals surface area contributed by atoms with Crippen LogP contribution in [0.2, 0.25) is 0 Å². The topological polar surface area (TPSA) is 26.7 Å². The summed E-state index contributed by atoms with van der Waals surface area (Å²) in [7, 11) is 2.12. The van der Waals surface area contributed by atoms with Crippen LogP contribution in [-0.2, 0) is 6.54 Å². The Labute approximate surface area is 161 Å². The first-order valence-corrected chi connectivity index (χ1v) is 8.44. The zero-order chi connectivity index (χ0) is 15.1. The number of phenols is 1. The number of benzene rings is 1. The van der Waals surface area contributed by atoms with Crippen LogP contribution in [0.1, 0.15) is 31.4 Å². The minimum atomic E-state index is 0. The average Bonchev–Trinajstić information content (AvgIpc) is 2.40. The van der Waals surface area contributed by atoms with Crippen molar-refractivity contribution >= 4 is 47.4 Å². The molecule has 130 valence electrons. The van der Waals surface area contributed by atoms with E-state index in [0.29, 0.717) is 5.75 Å². The second-order valence-corrected chi connectivity index (χ2v) is 6.59. The van der Waals surface area contributed by atoms with Crippen LogP contribution in [-0.4, -0.2) is 48.1 Å². The van der Waals surface area contributed by atoms with E-state index in [2.05, 4.69) is 59.4 Å². The molecule has 3 nitrogen and oxygen atoms in total. The van der Waals surface area contributed by atoms with E-state index in [0.717, 1.165) is 43.9 Å². The molecule has 1 aromatic rings. The van der Waals surface area contributed by atoms with Gasteiger partial charge in [0.1, 0.15) is 5.75 Å². The van der Waals surface area contributed by atoms with Crippen molar-refractivity contribution < 1.29 is 5.11 Å². The Hall–Kier alpha value is 0.250. The third-order valence-corrected chi connectivity index (χ3v) is 4.32. The summed E-state index contributed by atoms with van der Waals surface area (Å²) in [6.45, 7) is 11.6. The van der Waals surface area contributed by atoms with E-state index in [1.165, 1.54) is 9.99 Å². The van der Waals surface area contributed by atoms with Gasteiger partial charge in [0.05, 0.1) is 0 Å². The molecule has 0 radical (unpaired) electrons. The number of aryl methyl sites for hydroxylation is 1. The fraction of sp³-hybridized carbons (Fsp3) is 0.625. The predicted octanol–water partition coefficient (Wildman–Crippen LogP) is 4.31. The van der Waals surface area contributed by atoms with Crippen molar-refractivity contribution in [2.24, 2.45) is 0 Å². The standard InChI is InChI=1S/C16H27IN2O.2ClH/c1-5-19(6-2)9-7-8-18(4)12-14-11-15(17)10-13(3)16(14)20;;/h10-11,20H,5-9,12H2,1-4H3;2*1H. The predicted molar refractivity (Wildman–Crippen MR) is 109 cm³/mol. The van der Waals surface area contributed by atoms with Gasteiger partial charge < -0.3 is 14.9 Å². The molecule has 0 saturated heterocycles. The molecule has 0 spiro atoms. The first-order chi connectivity index (χ1) is 9.47. The molecule has 22 heavy (non-hydrogen) atoms. The summed E-state index contributed by atoms with van der Waals surface area (Å²) >= 11 is 2.31. The zero-order valence-corrected chi connectivity index (χ0v) is 17.7. The van der Waals surface area contributed by atoms with Gasteiger partial charge in [0, 0.05) is 15.7 Å². The molecule has 0 aliphatic heterocycles. The molecule has 0 bridgehead atoms. The van der Waals surface area contributed by atoms with Crippen LogP contribution in [0.4, 0.5) is 0 Å². The molecule has 1 N–H and O–H groups in total. The highest BCUT2D eigenvalue weighted by Gasteiger charge is 2.09. The SMILES string of the molecule is CCN(CC)CCCN(C)Cc1cc(I)cc(C)c1O.Cl.Cl. The normalized spacial score (nSPS) is 10.5. The van der Waals surface area contributed by atoms with Gasteiger partial charge in [-0.05, 0) is 86.9 Å². The van der Waals surface area contributed by atoms with Crippen LogP contribution in [0.25, 0.3) is 0 Å². The van der Waals surface area contributed by atoms with Crippen LogP contribution in [0.3, 0.4) is 0 Å². The summed E-state index contributed by atoms with van der Waals surface area (Å²) in [5.74, 6) is 0.445. The van der Waals surface area contributed by atoms with E-state index < -0.39 is 0 Å². The lowest BCUT2D eigenvalue weighted by Crippen LogP contribution is -2.28. The van der Waals surface area contributed by atoms with Gasteiger partial charge in [0.2, 0.25) is 0 Å². The molecule has 6 heteroatoms. The van der Waals surface area contributed by atoms with E-state index in [1.54, 1.807) is 0 Å². The molecular weight excluding hydrogens is 434 g/mol. The molecule has 0 aliphatic rings. The quantitative estimate of drug-likeness (QED) is 0.583. The summed E-state index contributed by atoms with van der Waals surface area (Å²) in [4.78, 5) is 4.73. The third kappa shape index (κ3) is 8.20. The monoisotopic (exact) mass is 462 g/mol. The van der Waals surface area contributed by atoms with E-state index in [1.807, 2.05) is 13.0 Å². The van der Waals surface area contributed by atoms with Crippen molar-refractivity contribution in [3.8, 4) is 5.75 Å². The maximum absolute atomic E-state index is 10.1. The molecular formula is C16H29Cl2IN2O. The van der Waals surface area contributed by atoms with Crippen molar-refractivity contribution in [3.05, 3.63) is 26.8 Å². The van der Waals surface area contributed by atoms with Gasteiger partial charge in [-0.25, -0.2) is 0 Å². The molecule has 0 fully saturated rings. The summed E-state index contributed by atoms with van der Waals surface area (Å²) in [5.41, 5.74) is 1.99. The largest absolute Gasteiger partial charge is 0.507 e. The average molecular weight is 463 g/mol. The first kappa shape index (κ1) is 24.5. The van der Waals surface area contributed by atoms with Crippen LogP contribution in [0.5, 0.6) is 5.75 Å². The number of rotatable bonds is 8. The van der Waals surface area contributed by atoms with Gasteiger partial charge in [0.25, 0.3) is 0 Å². The lowest BCUT2D eigenvalue weighted by Gasteiger charge is -2.22. The molecule has 0 amide bonds. The van der Waals surface area contributed by atoms with Gasteiger partial charge in [-0.2, -0.15) is 0 Å². The zero-order valence-electron chi connectivity index (χ0n) is 13.9. The Morgan fingerprint density at radius 2 is 1.68 bits per heavy atom. The molecule has 0 unspecified atom stereocenters. The fourth-order valence-corrected chi connectivity index (χ4v) is 3.24. The number of aromatic hydroxyl groups is 1. The molecule has 1 rings (SSSR count).